The zero-order valence-electron chi connectivity index (χ0n) is 10.3. The molecule has 0 bridgehead atoms. The summed E-state index contributed by atoms with van der Waals surface area (Å²) in [6.45, 7) is 0.598. The first-order valence-corrected chi connectivity index (χ1v) is 6.22. The predicted molar refractivity (Wildman–Crippen MR) is 70.2 cm³/mol. The number of tetrazole rings is 1. The van der Waals surface area contributed by atoms with Gasteiger partial charge in [-0.25, -0.2) is 0 Å². The lowest BCUT2D eigenvalue weighted by molar-refractivity contribution is 0.516. The highest BCUT2D eigenvalue weighted by Gasteiger charge is 2.12. The Balaban J connectivity index is 1.99. The molecule has 0 saturated carbocycles. The van der Waals surface area contributed by atoms with Gasteiger partial charge in [0, 0.05) is 11.4 Å². The molecule has 96 valence electrons. The zero-order chi connectivity index (χ0) is 13.0. The van der Waals surface area contributed by atoms with Crippen molar-refractivity contribution in [2.45, 2.75) is 12.8 Å². The number of hydrogen-bond donors (Lipinski definition) is 1. The van der Waals surface area contributed by atoms with Crippen molar-refractivity contribution >= 4 is 11.6 Å². The van der Waals surface area contributed by atoms with Crippen molar-refractivity contribution in [2.24, 2.45) is 18.7 Å². The molecule has 0 aliphatic heterocycles. The van der Waals surface area contributed by atoms with Crippen LogP contribution in [0.15, 0.2) is 24.3 Å². The quantitative estimate of drug-likeness (QED) is 0.883. The van der Waals surface area contributed by atoms with E-state index in [0.717, 1.165) is 23.7 Å². The Bertz CT molecular complexity index is 493. The molecule has 0 spiro atoms. The number of benzene rings is 1. The van der Waals surface area contributed by atoms with E-state index >= 15 is 0 Å². The standard InChI is InChI=1S/C12H16ClN5/c1-18-16-12(15-17-18)7-10(8-14)6-9-2-4-11(13)5-3-9/h2-5,10H,6-8,14H2,1H3. The lowest BCUT2D eigenvalue weighted by Crippen LogP contribution is -2.20. The van der Waals surface area contributed by atoms with E-state index in [1.807, 2.05) is 24.3 Å². The van der Waals surface area contributed by atoms with Crippen molar-refractivity contribution in [2.75, 3.05) is 6.54 Å². The van der Waals surface area contributed by atoms with Crippen molar-refractivity contribution in [1.82, 2.24) is 20.2 Å². The van der Waals surface area contributed by atoms with Crippen LogP contribution >= 0.6 is 11.6 Å². The lowest BCUT2D eigenvalue weighted by Gasteiger charge is -2.12. The Kier molecular flexibility index (Phi) is 4.28. The summed E-state index contributed by atoms with van der Waals surface area (Å²) in [5.74, 6) is 1.05. The Labute approximate surface area is 111 Å². The van der Waals surface area contributed by atoms with Crippen LogP contribution in [0.2, 0.25) is 5.02 Å². The summed E-state index contributed by atoms with van der Waals surface area (Å²) in [6.07, 6.45) is 1.64. The average Bonchev–Trinajstić information content (AvgIpc) is 2.77. The van der Waals surface area contributed by atoms with Crippen LogP contribution in [-0.4, -0.2) is 26.8 Å². The molecule has 6 heteroatoms. The van der Waals surface area contributed by atoms with Gasteiger partial charge in [-0.3, -0.25) is 0 Å². The minimum absolute atomic E-state index is 0.315. The van der Waals surface area contributed by atoms with E-state index in [9.17, 15) is 0 Å². The zero-order valence-corrected chi connectivity index (χ0v) is 11.0. The van der Waals surface area contributed by atoms with Crippen molar-refractivity contribution in [3.8, 4) is 0 Å². The molecule has 2 rings (SSSR count). The van der Waals surface area contributed by atoms with Crippen LogP contribution < -0.4 is 5.73 Å². The summed E-state index contributed by atoms with van der Waals surface area (Å²) < 4.78 is 0. The fourth-order valence-corrected chi connectivity index (χ4v) is 1.98. The predicted octanol–water partition coefficient (Wildman–Crippen LogP) is 1.22. The molecule has 18 heavy (non-hydrogen) atoms. The van der Waals surface area contributed by atoms with Gasteiger partial charge in [-0.1, -0.05) is 23.7 Å². The van der Waals surface area contributed by atoms with Crippen molar-refractivity contribution in [3.05, 3.63) is 40.7 Å². The third-order valence-electron chi connectivity index (χ3n) is 2.79. The maximum atomic E-state index is 5.86. The SMILES string of the molecule is Cn1nnc(CC(CN)Cc2ccc(Cl)cc2)n1. The summed E-state index contributed by atoms with van der Waals surface area (Å²) in [5, 5.41) is 12.7. The fraction of sp³-hybridized carbons (Fsp3) is 0.417. The first-order valence-electron chi connectivity index (χ1n) is 5.84. The van der Waals surface area contributed by atoms with Gasteiger partial charge < -0.3 is 5.73 Å². The number of nitrogens with zero attached hydrogens (tertiary/aromatic N) is 4. The number of nitrogens with two attached hydrogens (primary N) is 1. The summed E-state index contributed by atoms with van der Waals surface area (Å²) in [6, 6.07) is 7.83. The van der Waals surface area contributed by atoms with Crippen molar-refractivity contribution in [1.29, 1.82) is 0 Å². The number of aromatic nitrogens is 4. The van der Waals surface area contributed by atoms with Gasteiger partial charge in [0.05, 0.1) is 7.05 Å². The van der Waals surface area contributed by atoms with Crippen molar-refractivity contribution in [3.63, 3.8) is 0 Å². The normalized spacial score (nSPS) is 12.6. The lowest BCUT2D eigenvalue weighted by atomic mass is 9.96. The summed E-state index contributed by atoms with van der Waals surface area (Å²) in [5.41, 5.74) is 7.02. The Morgan fingerprint density at radius 2 is 2.00 bits per heavy atom. The first-order chi connectivity index (χ1) is 8.67. The van der Waals surface area contributed by atoms with Crippen LogP contribution in [0.4, 0.5) is 0 Å². The molecule has 0 fully saturated rings. The topological polar surface area (TPSA) is 69.6 Å². The molecule has 2 aromatic rings. The number of hydrogen-bond acceptors (Lipinski definition) is 4. The number of rotatable bonds is 5. The number of halogens is 1. The molecule has 1 heterocycles. The highest BCUT2D eigenvalue weighted by Crippen LogP contribution is 2.14. The van der Waals surface area contributed by atoms with Crippen LogP contribution in [0.5, 0.6) is 0 Å². The molecule has 1 unspecified atom stereocenters. The van der Waals surface area contributed by atoms with E-state index in [0.29, 0.717) is 12.5 Å². The van der Waals surface area contributed by atoms with Gasteiger partial charge in [0.15, 0.2) is 5.82 Å². The molecule has 0 amide bonds. The van der Waals surface area contributed by atoms with Gasteiger partial charge in [-0.2, -0.15) is 4.80 Å². The number of aryl methyl sites for hydroxylation is 1. The molecular formula is C12H16ClN5. The van der Waals surface area contributed by atoms with Gasteiger partial charge in [-0.05, 0) is 41.8 Å². The molecule has 0 radical (unpaired) electrons. The summed E-state index contributed by atoms with van der Waals surface area (Å²) >= 11 is 5.86. The second-order valence-electron chi connectivity index (χ2n) is 4.33. The molecule has 1 aromatic carbocycles. The minimum Gasteiger partial charge on any atom is -0.330 e. The minimum atomic E-state index is 0.315. The molecule has 1 aromatic heterocycles. The van der Waals surface area contributed by atoms with E-state index in [4.69, 9.17) is 17.3 Å². The van der Waals surface area contributed by atoms with E-state index in [2.05, 4.69) is 15.4 Å². The van der Waals surface area contributed by atoms with Crippen LogP contribution in [-0.2, 0) is 19.9 Å². The molecule has 2 N–H and O–H groups in total. The van der Waals surface area contributed by atoms with Crippen LogP contribution in [0.25, 0.3) is 0 Å². The van der Waals surface area contributed by atoms with Gasteiger partial charge in [-0.15, -0.1) is 10.2 Å². The largest absolute Gasteiger partial charge is 0.330 e. The third kappa shape index (κ3) is 3.51. The molecule has 5 nitrogen and oxygen atoms in total. The molecular weight excluding hydrogens is 250 g/mol. The maximum Gasteiger partial charge on any atom is 0.175 e. The average molecular weight is 266 g/mol. The highest BCUT2D eigenvalue weighted by atomic mass is 35.5. The van der Waals surface area contributed by atoms with Crippen LogP contribution in [0, 0.1) is 5.92 Å². The molecule has 0 aliphatic carbocycles. The smallest absolute Gasteiger partial charge is 0.175 e. The van der Waals surface area contributed by atoms with Gasteiger partial charge in [0.2, 0.25) is 0 Å². The monoisotopic (exact) mass is 265 g/mol. The van der Waals surface area contributed by atoms with Crippen molar-refractivity contribution < 1.29 is 0 Å². The summed E-state index contributed by atoms with van der Waals surface area (Å²) in [4.78, 5) is 1.46. The maximum absolute atomic E-state index is 5.86. The Morgan fingerprint density at radius 3 is 2.56 bits per heavy atom. The Morgan fingerprint density at radius 1 is 1.28 bits per heavy atom. The van der Waals surface area contributed by atoms with E-state index in [-0.39, 0.29) is 0 Å². The van der Waals surface area contributed by atoms with Gasteiger partial charge in [0.1, 0.15) is 0 Å². The highest BCUT2D eigenvalue weighted by molar-refractivity contribution is 6.30. The molecule has 0 aliphatic rings. The van der Waals surface area contributed by atoms with Gasteiger partial charge in [0.25, 0.3) is 0 Å². The Hall–Kier alpha value is -1.46. The fourth-order valence-electron chi connectivity index (χ4n) is 1.86. The second-order valence-corrected chi connectivity index (χ2v) is 4.77. The third-order valence-corrected chi connectivity index (χ3v) is 3.04. The summed E-state index contributed by atoms with van der Waals surface area (Å²) in [7, 11) is 1.76. The van der Waals surface area contributed by atoms with Crippen LogP contribution in [0.3, 0.4) is 0 Å². The van der Waals surface area contributed by atoms with E-state index in [1.54, 1.807) is 7.05 Å². The van der Waals surface area contributed by atoms with Crippen LogP contribution in [0.1, 0.15) is 11.4 Å². The molecule has 1 atom stereocenters. The van der Waals surface area contributed by atoms with E-state index in [1.165, 1.54) is 10.4 Å². The van der Waals surface area contributed by atoms with Gasteiger partial charge >= 0.3 is 0 Å². The molecule has 0 saturated heterocycles. The van der Waals surface area contributed by atoms with E-state index < -0.39 is 0 Å². The second kappa shape index (κ2) is 5.93. The first kappa shape index (κ1) is 13.0.